The van der Waals surface area contributed by atoms with Gasteiger partial charge in [-0.05, 0) is 25.7 Å². The Kier molecular flexibility index (Phi) is 6.91. The summed E-state index contributed by atoms with van der Waals surface area (Å²) in [5, 5.41) is 12.3. The number of sulfonamides is 1. The molecule has 6 nitrogen and oxygen atoms in total. The zero-order valence-corrected chi connectivity index (χ0v) is 13.2. The number of aliphatic hydroxyl groups is 1. The summed E-state index contributed by atoms with van der Waals surface area (Å²) in [6.45, 7) is 4.37. The minimum Gasteiger partial charge on any atom is -0.391 e. The molecule has 2 unspecified atom stereocenters. The maximum Gasteiger partial charge on any atom is 0.238 e. The predicted octanol–water partition coefficient (Wildman–Crippen LogP) is 0.468. The first-order valence-corrected chi connectivity index (χ1v) is 8.98. The van der Waals surface area contributed by atoms with Gasteiger partial charge < -0.3 is 10.4 Å². The van der Waals surface area contributed by atoms with Gasteiger partial charge in [-0.1, -0.05) is 20.3 Å². The molecule has 0 aromatic carbocycles. The van der Waals surface area contributed by atoms with Crippen LogP contribution in [-0.2, 0) is 14.8 Å². The van der Waals surface area contributed by atoms with Crippen molar-refractivity contribution in [2.45, 2.75) is 58.1 Å². The first kappa shape index (κ1) is 17.4. The number of hydrogen-bond acceptors (Lipinski definition) is 4. The van der Waals surface area contributed by atoms with Crippen molar-refractivity contribution in [2.75, 3.05) is 18.8 Å². The Morgan fingerprint density at radius 3 is 2.70 bits per heavy atom. The van der Waals surface area contributed by atoms with E-state index < -0.39 is 22.2 Å². The van der Waals surface area contributed by atoms with Crippen molar-refractivity contribution in [3.05, 3.63) is 0 Å². The molecule has 1 fully saturated rings. The van der Waals surface area contributed by atoms with Crippen molar-refractivity contribution in [1.29, 1.82) is 0 Å². The number of nitrogens with one attached hydrogen (secondary N) is 1. The summed E-state index contributed by atoms with van der Waals surface area (Å²) in [6.07, 6.45) is 2.71. The third-order valence-electron chi connectivity index (χ3n) is 3.46. The summed E-state index contributed by atoms with van der Waals surface area (Å²) >= 11 is 0. The van der Waals surface area contributed by atoms with Crippen LogP contribution in [0.2, 0.25) is 0 Å². The quantitative estimate of drug-likeness (QED) is 0.682. The van der Waals surface area contributed by atoms with Gasteiger partial charge in [0.2, 0.25) is 15.9 Å². The Balaban J connectivity index is 2.58. The normalized spacial score (nSPS) is 21.9. The lowest BCUT2D eigenvalue weighted by atomic mass is 10.2. The van der Waals surface area contributed by atoms with Gasteiger partial charge in [0.05, 0.1) is 11.9 Å². The number of carbonyl (C=O) groups is 1. The van der Waals surface area contributed by atoms with Crippen LogP contribution in [0.5, 0.6) is 0 Å². The maximum absolute atomic E-state index is 12.1. The lowest BCUT2D eigenvalue weighted by Crippen LogP contribution is -2.48. The molecule has 0 saturated carbocycles. The molecule has 118 valence electrons. The Labute approximate surface area is 121 Å². The summed E-state index contributed by atoms with van der Waals surface area (Å²) in [5.74, 6) is -0.216. The molecule has 0 bridgehead atoms. The SMILES string of the molecule is CCCC(O)CNC(=O)C1CCCN1S(=O)(=O)CCC. The largest absolute Gasteiger partial charge is 0.391 e. The molecule has 1 aliphatic heterocycles. The van der Waals surface area contributed by atoms with Gasteiger partial charge in [-0.25, -0.2) is 8.42 Å². The van der Waals surface area contributed by atoms with E-state index in [1.807, 2.05) is 13.8 Å². The van der Waals surface area contributed by atoms with Crippen molar-refractivity contribution in [3.63, 3.8) is 0 Å². The van der Waals surface area contributed by atoms with Gasteiger partial charge in [-0.3, -0.25) is 4.79 Å². The van der Waals surface area contributed by atoms with Gasteiger partial charge >= 0.3 is 0 Å². The average molecular weight is 306 g/mol. The van der Waals surface area contributed by atoms with E-state index in [0.717, 1.165) is 6.42 Å². The lowest BCUT2D eigenvalue weighted by Gasteiger charge is -2.23. The van der Waals surface area contributed by atoms with Gasteiger partial charge in [0.25, 0.3) is 0 Å². The van der Waals surface area contributed by atoms with E-state index in [1.54, 1.807) is 0 Å². The molecule has 20 heavy (non-hydrogen) atoms. The van der Waals surface area contributed by atoms with Crippen molar-refractivity contribution >= 4 is 15.9 Å². The lowest BCUT2D eigenvalue weighted by molar-refractivity contribution is -0.124. The fourth-order valence-electron chi connectivity index (χ4n) is 2.48. The fourth-order valence-corrected chi connectivity index (χ4v) is 4.23. The second-order valence-electron chi connectivity index (χ2n) is 5.27. The molecule has 0 aliphatic carbocycles. The van der Waals surface area contributed by atoms with Crippen LogP contribution in [0.4, 0.5) is 0 Å². The summed E-state index contributed by atoms with van der Waals surface area (Å²) < 4.78 is 25.5. The molecule has 1 heterocycles. The second kappa shape index (κ2) is 7.95. The number of carbonyl (C=O) groups excluding carboxylic acids is 1. The van der Waals surface area contributed by atoms with E-state index in [2.05, 4.69) is 5.32 Å². The maximum atomic E-state index is 12.1. The molecule has 1 aliphatic rings. The molecule has 0 radical (unpaired) electrons. The average Bonchev–Trinajstić information content (AvgIpc) is 2.86. The third-order valence-corrected chi connectivity index (χ3v) is 5.54. The minimum atomic E-state index is -3.34. The van der Waals surface area contributed by atoms with E-state index in [0.29, 0.717) is 32.2 Å². The molecule has 0 spiro atoms. The van der Waals surface area contributed by atoms with E-state index >= 15 is 0 Å². The Morgan fingerprint density at radius 1 is 1.40 bits per heavy atom. The van der Waals surface area contributed by atoms with E-state index in [-0.39, 0.29) is 18.2 Å². The zero-order chi connectivity index (χ0) is 15.2. The first-order valence-electron chi connectivity index (χ1n) is 7.37. The first-order chi connectivity index (χ1) is 9.42. The molecule has 0 aromatic heterocycles. The number of amides is 1. The van der Waals surface area contributed by atoms with Crippen LogP contribution >= 0.6 is 0 Å². The molecule has 0 aromatic rings. The van der Waals surface area contributed by atoms with Gasteiger partial charge in [-0.2, -0.15) is 4.31 Å². The molecule has 1 amide bonds. The molecule has 1 saturated heterocycles. The summed E-state index contributed by atoms with van der Waals surface area (Å²) in [7, 11) is -3.34. The van der Waals surface area contributed by atoms with Crippen LogP contribution in [0.15, 0.2) is 0 Å². The molecular weight excluding hydrogens is 280 g/mol. The molecular formula is C13H26N2O4S. The summed E-state index contributed by atoms with van der Waals surface area (Å²) in [5.41, 5.74) is 0. The van der Waals surface area contributed by atoms with Crippen LogP contribution in [0.3, 0.4) is 0 Å². The molecule has 1 rings (SSSR count). The van der Waals surface area contributed by atoms with Crippen molar-refractivity contribution < 1.29 is 18.3 Å². The standard InChI is InChI=1S/C13H26N2O4S/c1-3-6-11(16)10-14-13(17)12-7-5-8-15(12)20(18,19)9-4-2/h11-12,16H,3-10H2,1-2H3,(H,14,17). The smallest absolute Gasteiger partial charge is 0.238 e. The van der Waals surface area contributed by atoms with Gasteiger partial charge in [-0.15, -0.1) is 0 Å². The Morgan fingerprint density at radius 2 is 2.10 bits per heavy atom. The monoisotopic (exact) mass is 306 g/mol. The van der Waals surface area contributed by atoms with Crippen LogP contribution in [0.25, 0.3) is 0 Å². The van der Waals surface area contributed by atoms with Gasteiger partial charge in [0, 0.05) is 13.1 Å². The highest BCUT2D eigenvalue weighted by Crippen LogP contribution is 2.22. The van der Waals surface area contributed by atoms with Crippen molar-refractivity contribution in [3.8, 4) is 0 Å². The molecule has 2 atom stereocenters. The van der Waals surface area contributed by atoms with Crippen LogP contribution in [-0.4, -0.2) is 54.7 Å². The van der Waals surface area contributed by atoms with E-state index in [4.69, 9.17) is 0 Å². The Bertz CT molecular complexity index is 411. The zero-order valence-electron chi connectivity index (χ0n) is 12.3. The summed E-state index contributed by atoms with van der Waals surface area (Å²) in [6, 6.07) is -0.611. The van der Waals surface area contributed by atoms with E-state index in [9.17, 15) is 18.3 Å². The number of aliphatic hydroxyl groups excluding tert-OH is 1. The Hall–Kier alpha value is -0.660. The molecule has 7 heteroatoms. The van der Waals surface area contributed by atoms with Gasteiger partial charge in [0.1, 0.15) is 6.04 Å². The van der Waals surface area contributed by atoms with Crippen LogP contribution in [0, 0.1) is 0 Å². The minimum absolute atomic E-state index is 0.0786. The van der Waals surface area contributed by atoms with Gasteiger partial charge in [0.15, 0.2) is 0 Å². The fraction of sp³-hybridized carbons (Fsp3) is 0.923. The predicted molar refractivity (Wildman–Crippen MR) is 77.7 cm³/mol. The van der Waals surface area contributed by atoms with Crippen molar-refractivity contribution in [1.82, 2.24) is 9.62 Å². The van der Waals surface area contributed by atoms with Crippen molar-refractivity contribution in [2.24, 2.45) is 0 Å². The van der Waals surface area contributed by atoms with Crippen LogP contribution in [0.1, 0.15) is 46.0 Å². The number of nitrogens with zero attached hydrogens (tertiary/aromatic N) is 1. The van der Waals surface area contributed by atoms with E-state index in [1.165, 1.54) is 4.31 Å². The highest BCUT2D eigenvalue weighted by Gasteiger charge is 2.37. The molecule has 2 N–H and O–H groups in total. The highest BCUT2D eigenvalue weighted by atomic mass is 32.2. The van der Waals surface area contributed by atoms with Crippen LogP contribution < -0.4 is 5.32 Å². The number of rotatable bonds is 8. The second-order valence-corrected chi connectivity index (χ2v) is 7.31. The number of hydrogen-bond donors (Lipinski definition) is 2. The summed E-state index contributed by atoms with van der Waals surface area (Å²) in [4.78, 5) is 12.1. The topological polar surface area (TPSA) is 86.7 Å². The third kappa shape index (κ3) is 4.71. The highest BCUT2D eigenvalue weighted by molar-refractivity contribution is 7.89.